The number of rotatable bonds is 2. The minimum Gasteiger partial charge on any atom is -0.175 e. The molecule has 0 saturated carbocycles. The average molecular weight is 184 g/mol. The summed E-state index contributed by atoms with van der Waals surface area (Å²) in [6.45, 7) is 7.88. The van der Waals surface area contributed by atoms with Crippen molar-refractivity contribution in [3.63, 3.8) is 0 Å². The van der Waals surface area contributed by atoms with Gasteiger partial charge in [0, 0.05) is 0 Å². The van der Waals surface area contributed by atoms with Gasteiger partial charge in [0.25, 0.3) is 0 Å². The van der Waals surface area contributed by atoms with Crippen LogP contribution in [0.15, 0.2) is 24.6 Å². The Morgan fingerprint density at radius 2 is 1.82 bits per heavy atom. The highest BCUT2D eigenvalue weighted by molar-refractivity contribution is 8.30. The Kier molecular flexibility index (Phi) is 3.46. The van der Waals surface area contributed by atoms with E-state index in [4.69, 9.17) is 0 Å². The third kappa shape index (κ3) is 2.24. The van der Waals surface area contributed by atoms with Crippen LogP contribution in [0.5, 0.6) is 0 Å². The summed E-state index contributed by atoms with van der Waals surface area (Å²) in [5.41, 5.74) is 4.38. The zero-order valence-corrected chi connectivity index (χ0v) is 8.83. The van der Waals surface area contributed by atoms with Gasteiger partial charge < -0.3 is 0 Å². The average Bonchev–Trinajstić information content (AvgIpc) is 2.30. The highest BCUT2D eigenvalue weighted by Gasteiger charge is 2.27. The van der Waals surface area contributed by atoms with Crippen LogP contribution in [-0.2, 0) is 0 Å². The summed E-state index contributed by atoms with van der Waals surface area (Å²) in [6, 6.07) is 1.37. The van der Waals surface area contributed by atoms with Crippen molar-refractivity contribution in [3.05, 3.63) is 24.6 Å². The van der Waals surface area contributed by atoms with Crippen molar-refractivity contribution in [1.82, 2.24) is 0 Å². The third-order valence-corrected chi connectivity index (χ3v) is 9.66. The fourth-order valence-corrected chi connectivity index (χ4v) is 7.05. The molecule has 0 aromatic heterocycles. The highest BCUT2D eigenvalue weighted by atomic mass is 32.4. The van der Waals surface area contributed by atoms with Crippen LogP contribution >= 0.6 is 11.2 Å². The lowest BCUT2D eigenvalue weighted by Crippen LogP contribution is -2.24. The molecule has 0 atom stereocenters. The quantitative estimate of drug-likeness (QED) is 0.593. The maximum Gasteiger partial charge on any atom is 0.162 e. The monoisotopic (exact) mass is 184 g/mol. The van der Waals surface area contributed by atoms with Crippen molar-refractivity contribution in [2.45, 2.75) is 25.3 Å². The molecular weight excluding hydrogens is 168 g/mol. The summed E-state index contributed by atoms with van der Waals surface area (Å²) in [7, 11) is -1.24. The number of hydrogen-bond donors (Lipinski definition) is 0. The molecule has 0 aromatic carbocycles. The first-order valence-electron chi connectivity index (χ1n) is 4.24. The van der Waals surface area contributed by atoms with E-state index in [1.54, 1.807) is 0 Å². The van der Waals surface area contributed by atoms with Gasteiger partial charge in [0.15, 0.2) is 7.22 Å². The topological polar surface area (TPSA) is 0 Å². The van der Waals surface area contributed by atoms with Gasteiger partial charge in [0.05, 0.1) is 0 Å². The molecule has 1 rings (SSSR count). The molecule has 0 radical (unpaired) electrons. The van der Waals surface area contributed by atoms with Crippen LogP contribution in [0.3, 0.4) is 0 Å². The predicted octanol–water partition coefficient (Wildman–Crippen LogP) is 3.30. The smallest absolute Gasteiger partial charge is 0.162 e. The van der Waals surface area contributed by atoms with Gasteiger partial charge in [-0.3, -0.25) is 0 Å². The van der Waals surface area contributed by atoms with Crippen molar-refractivity contribution >= 4 is 18.4 Å². The van der Waals surface area contributed by atoms with E-state index in [1.165, 1.54) is 31.1 Å². The van der Waals surface area contributed by atoms with E-state index in [0.29, 0.717) is 0 Å². The second-order valence-corrected chi connectivity index (χ2v) is 10.1. The van der Waals surface area contributed by atoms with Crippen LogP contribution in [0.4, 0.5) is 0 Å². The van der Waals surface area contributed by atoms with Gasteiger partial charge in [-0.15, -0.1) is 13.2 Å². The van der Waals surface area contributed by atoms with Gasteiger partial charge >= 0.3 is 0 Å². The van der Waals surface area contributed by atoms with Crippen LogP contribution in [0.1, 0.15) is 19.3 Å². The van der Waals surface area contributed by atoms with E-state index >= 15 is 0 Å². The first-order valence-corrected chi connectivity index (χ1v) is 8.31. The molecule has 1 fully saturated rings. The molecule has 1 saturated heterocycles. The second kappa shape index (κ2) is 4.17. The van der Waals surface area contributed by atoms with Gasteiger partial charge in [0.2, 0.25) is 0 Å². The molecule has 0 amide bonds. The van der Waals surface area contributed by atoms with Crippen LogP contribution < -0.4 is 0 Å². The van der Waals surface area contributed by atoms with Gasteiger partial charge in [0.1, 0.15) is 0 Å². The normalized spacial score (nSPS) is 23.6. The molecule has 2 heteroatoms. The molecule has 1 heterocycles. The van der Waals surface area contributed by atoms with Gasteiger partial charge in [-0.1, -0.05) is 24.2 Å². The van der Waals surface area contributed by atoms with E-state index in [2.05, 4.69) is 35.8 Å². The lowest BCUT2D eigenvalue weighted by atomic mass is 10.3. The summed E-state index contributed by atoms with van der Waals surface area (Å²) in [6.07, 6.45) is 4.18. The Balaban J connectivity index is 2.63. The summed E-state index contributed by atoms with van der Waals surface area (Å²) in [5, 5.41) is 0. The summed E-state index contributed by atoms with van der Waals surface area (Å²) >= 11 is 2.13. The maximum absolute atomic E-state index is 3.94. The Morgan fingerprint density at radius 3 is 2.45 bits per heavy atom. The van der Waals surface area contributed by atoms with Gasteiger partial charge in [-0.25, -0.2) is 0 Å². The molecule has 0 nitrogen and oxygen atoms in total. The second-order valence-electron chi connectivity index (χ2n) is 3.02. The predicted molar refractivity (Wildman–Crippen MR) is 57.3 cm³/mol. The van der Waals surface area contributed by atoms with Crippen LogP contribution in [-0.4, -0.2) is 13.0 Å². The highest BCUT2D eigenvalue weighted by Crippen LogP contribution is 2.33. The Bertz CT molecular complexity index is 136. The van der Waals surface area contributed by atoms with Gasteiger partial charge in [-0.2, -0.15) is 11.2 Å². The zero-order valence-electron chi connectivity index (χ0n) is 7.01. The maximum atomic E-state index is 3.94. The molecule has 11 heavy (non-hydrogen) atoms. The van der Waals surface area contributed by atoms with Crippen molar-refractivity contribution in [3.8, 4) is 0 Å². The molecule has 1 aliphatic heterocycles. The molecule has 0 bridgehead atoms. The fourth-order valence-electron chi connectivity index (χ4n) is 1.42. The minimum absolute atomic E-state index is 1.24. The third-order valence-electron chi connectivity index (χ3n) is 2.27. The van der Waals surface area contributed by atoms with Gasteiger partial charge in [-0.05, 0) is 18.2 Å². The van der Waals surface area contributed by atoms with Crippen molar-refractivity contribution in [1.29, 1.82) is 0 Å². The molecule has 0 unspecified atom stereocenters. The lowest BCUT2D eigenvalue weighted by Gasteiger charge is -2.20. The van der Waals surface area contributed by atoms with Crippen LogP contribution in [0.25, 0.3) is 0 Å². The van der Waals surface area contributed by atoms with Crippen LogP contribution in [0, 0.1) is 0 Å². The van der Waals surface area contributed by atoms with Crippen molar-refractivity contribution in [2.75, 3.05) is 5.75 Å². The fraction of sp³-hybridized carbons (Fsp3) is 0.556. The Labute approximate surface area is 74.4 Å². The molecule has 0 spiro atoms. The van der Waals surface area contributed by atoms with Crippen molar-refractivity contribution < 1.29 is 0 Å². The largest absolute Gasteiger partial charge is 0.175 e. The number of hydrogen-bond acceptors (Lipinski definition) is 1. The summed E-state index contributed by atoms with van der Waals surface area (Å²) in [4.78, 5) is 0. The molecule has 1 aliphatic rings. The molecule has 0 N–H and O–H groups in total. The SMILES string of the molecule is C=C[Si]1(C=C)CCCCCS1. The first kappa shape index (κ1) is 9.14. The molecular formula is C9H16SSi. The Morgan fingerprint density at radius 1 is 1.09 bits per heavy atom. The zero-order chi connectivity index (χ0) is 8.16. The first-order chi connectivity index (χ1) is 5.33. The van der Waals surface area contributed by atoms with E-state index in [-0.39, 0.29) is 0 Å². The Hall–Kier alpha value is 0.0469. The molecule has 0 aromatic rings. The molecule has 62 valence electrons. The van der Waals surface area contributed by atoms with E-state index < -0.39 is 7.22 Å². The van der Waals surface area contributed by atoms with Crippen molar-refractivity contribution in [2.24, 2.45) is 0 Å². The molecule has 0 aliphatic carbocycles. The summed E-state index contributed by atoms with van der Waals surface area (Å²) in [5.74, 6) is 1.32. The van der Waals surface area contributed by atoms with E-state index in [0.717, 1.165) is 0 Å². The summed E-state index contributed by atoms with van der Waals surface area (Å²) < 4.78 is 0. The standard InChI is InChI=1S/C9H16SSi/c1-3-11(4-2)9-7-5-6-8-10-11/h3-4H,1-2,5-9H2. The van der Waals surface area contributed by atoms with E-state index in [1.807, 2.05) is 0 Å². The lowest BCUT2D eigenvalue weighted by molar-refractivity contribution is 0.780. The minimum atomic E-state index is -1.24. The van der Waals surface area contributed by atoms with Crippen LogP contribution in [0.2, 0.25) is 6.04 Å². The van der Waals surface area contributed by atoms with E-state index in [9.17, 15) is 0 Å².